The van der Waals surface area contributed by atoms with Gasteiger partial charge in [0.25, 0.3) is 0 Å². The fraction of sp³-hybridized carbons (Fsp3) is 0.371. The number of methoxy groups -OCH3 is 1. The highest BCUT2D eigenvalue weighted by Crippen LogP contribution is 2.41. The van der Waals surface area contributed by atoms with E-state index in [0.29, 0.717) is 33.3 Å². The summed E-state index contributed by atoms with van der Waals surface area (Å²) in [4.78, 5) is 18.6. The van der Waals surface area contributed by atoms with E-state index < -0.39 is 7.14 Å². The van der Waals surface area contributed by atoms with Crippen molar-refractivity contribution in [3.8, 4) is 17.0 Å². The van der Waals surface area contributed by atoms with E-state index in [4.69, 9.17) is 14.8 Å². The summed E-state index contributed by atoms with van der Waals surface area (Å²) in [7, 11) is 5.16. The summed E-state index contributed by atoms with van der Waals surface area (Å²) in [5.41, 5.74) is 6.39. The average molecular weight is 733 g/mol. The first-order chi connectivity index (χ1) is 23.0. The Hall–Kier alpha value is -3.99. The van der Waals surface area contributed by atoms with Crippen LogP contribution in [0.5, 0.6) is 5.75 Å². The van der Waals surface area contributed by atoms with Crippen molar-refractivity contribution in [3.63, 3.8) is 0 Å². The minimum absolute atomic E-state index is 0.405. The van der Waals surface area contributed by atoms with Crippen molar-refractivity contribution >= 4 is 68.2 Å². The number of piperidine rings is 1. The van der Waals surface area contributed by atoms with Crippen LogP contribution < -0.4 is 25.6 Å². The molecule has 0 bridgehead atoms. The Morgan fingerprint density at radius 1 is 1.06 bits per heavy atom. The second-order valence-electron chi connectivity index (χ2n) is 12.8. The molecule has 0 radical (unpaired) electrons. The van der Waals surface area contributed by atoms with Crippen molar-refractivity contribution in [2.75, 3.05) is 63.2 Å². The molecular weight excluding hydrogens is 689 g/mol. The largest absolute Gasteiger partial charge is 0.494 e. The number of benzene rings is 2. The van der Waals surface area contributed by atoms with Crippen LogP contribution in [0.3, 0.4) is 0 Å². The highest BCUT2D eigenvalue weighted by molar-refractivity contribution is 9.10. The average Bonchev–Trinajstić information content (AvgIpc) is 3.42. The second kappa shape index (κ2) is 13.9. The van der Waals surface area contributed by atoms with Crippen molar-refractivity contribution in [1.82, 2.24) is 29.6 Å². The highest BCUT2D eigenvalue weighted by Gasteiger charge is 2.24. The molecule has 48 heavy (non-hydrogen) atoms. The molecular formula is C35H43BrN9O2P. The molecule has 0 unspecified atom stereocenters. The molecule has 0 spiro atoms. The van der Waals surface area contributed by atoms with Gasteiger partial charge in [0, 0.05) is 66.6 Å². The lowest BCUT2D eigenvalue weighted by atomic mass is 10.0. The number of halogens is 1. The van der Waals surface area contributed by atoms with Crippen LogP contribution in [0, 0.1) is 0 Å². The van der Waals surface area contributed by atoms with Gasteiger partial charge in [0.1, 0.15) is 24.4 Å². The summed E-state index contributed by atoms with van der Waals surface area (Å²) < 4.78 is 21.9. The number of pyridine rings is 1. The summed E-state index contributed by atoms with van der Waals surface area (Å²) in [5.74, 6) is 1.67. The summed E-state index contributed by atoms with van der Waals surface area (Å²) in [6, 6.07) is 14.6. The maximum Gasteiger partial charge on any atom is 0.229 e. The zero-order valence-electron chi connectivity index (χ0n) is 28.6. The lowest BCUT2D eigenvalue weighted by molar-refractivity contribution is 0.249. The number of nitrogens with zero attached hydrogens (tertiary/aromatic N) is 7. The molecule has 13 heteroatoms. The number of hydrogen-bond donors (Lipinski definition) is 2. The summed E-state index contributed by atoms with van der Waals surface area (Å²) in [6.07, 6.45) is 6.61. The van der Waals surface area contributed by atoms with E-state index in [1.807, 2.05) is 37.4 Å². The molecule has 1 aliphatic heterocycles. The van der Waals surface area contributed by atoms with E-state index in [9.17, 15) is 4.57 Å². The van der Waals surface area contributed by atoms with E-state index in [1.165, 1.54) is 11.3 Å². The SMILES string of the molecule is CCc1cc(Nc2ncc(Br)c(Nc3ccc(-c4nn(C)c5ncccc45)cc3P(C)(C)=O)n2)c(OC)cc1N1CCC(N(C)C)CC1. The monoisotopic (exact) mass is 731 g/mol. The fourth-order valence-electron chi connectivity index (χ4n) is 6.38. The van der Waals surface area contributed by atoms with Crippen LogP contribution in [0.2, 0.25) is 0 Å². The van der Waals surface area contributed by atoms with E-state index >= 15 is 0 Å². The van der Waals surface area contributed by atoms with Crippen molar-refractivity contribution in [1.29, 1.82) is 0 Å². The molecule has 2 aromatic carbocycles. The number of aryl methyl sites for hydroxylation is 2. The molecule has 5 aromatic rings. The Balaban J connectivity index is 1.29. The highest BCUT2D eigenvalue weighted by atomic mass is 79.9. The summed E-state index contributed by atoms with van der Waals surface area (Å²) in [6.45, 7) is 7.73. The first-order valence-electron chi connectivity index (χ1n) is 16.1. The van der Waals surface area contributed by atoms with Crippen LogP contribution in [-0.2, 0) is 18.0 Å². The number of ether oxygens (including phenoxy) is 1. The van der Waals surface area contributed by atoms with Gasteiger partial charge in [-0.1, -0.05) is 13.0 Å². The molecule has 0 amide bonds. The molecule has 3 aromatic heterocycles. The molecule has 0 atom stereocenters. The maximum atomic E-state index is 13.6. The molecule has 6 rings (SSSR count). The van der Waals surface area contributed by atoms with Crippen LogP contribution in [0.4, 0.5) is 28.8 Å². The number of hydrogen-bond acceptors (Lipinski definition) is 10. The zero-order valence-corrected chi connectivity index (χ0v) is 31.1. The third kappa shape index (κ3) is 6.92. The van der Waals surface area contributed by atoms with Gasteiger partial charge in [0.15, 0.2) is 5.65 Å². The lowest BCUT2D eigenvalue weighted by Gasteiger charge is -2.37. The maximum absolute atomic E-state index is 13.6. The molecule has 11 nitrogen and oxygen atoms in total. The Morgan fingerprint density at radius 3 is 2.52 bits per heavy atom. The zero-order chi connectivity index (χ0) is 34.2. The smallest absolute Gasteiger partial charge is 0.229 e. The number of anilines is 5. The molecule has 1 fully saturated rings. The van der Waals surface area contributed by atoms with Gasteiger partial charge in [-0.05, 0) is 98.5 Å². The van der Waals surface area contributed by atoms with Gasteiger partial charge < -0.3 is 29.7 Å². The van der Waals surface area contributed by atoms with Gasteiger partial charge in [0.2, 0.25) is 5.95 Å². The molecule has 252 valence electrons. The predicted octanol–water partition coefficient (Wildman–Crippen LogP) is 7.02. The Labute approximate surface area is 290 Å². The molecule has 4 heterocycles. The Kier molecular flexibility index (Phi) is 9.79. The number of nitrogens with one attached hydrogen (secondary N) is 2. The standard InChI is InChI=1S/C35H43BrN9O2P/c1-8-22-18-28(30(47-5)20-29(22)45-16-13-24(14-17-45)43(2)3)40-35-38-21-26(36)33(41-35)39-27-12-11-23(19-31(27)48(6,7)46)32-25-10-9-15-37-34(25)44(4)42-32/h9-12,15,18-21,24H,8,13-14,16-17H2,1-7H3,(H2,38,39,40,41). The van der Waals surface area contributed by atoms with Gasteiger partial charge >= 0.3 is 0 Å². The van der Waals surface area contributed by atoms with E-state index in [2.05, 4.69) is 79.5 Å². The fourth-order valence-corrected chi connectivity index (χ4v) is 7.83. The minimum atomic E-state index is -2.73. The van der Waals surface area contributed by atoms with E-state index in [1.54, 1.807) is 37.5 Å². The number of aromatic nitrogens is 5. The van der Waals surface area contributed by atoms with Gasteiger partial charge in [-0.25, -0.2) is 14.6 Å². The molecule has 0 saturated carbocycles. The summed E-state index contributed by atoms with van der Waals surface area (Å²) in [5, 5.41) is 13.2. The van der Waals surface area contributed by atoms with Crippen molar-refractivity contribution < 1.29 is 9.30 Å². The number of fused-ring (bicyclic) bond motifs is 1. The van der Waals surface area contributed by atoms with Crippen LogP contribution in [0.1, 0.15) is 25.3 Å². The van der Waals surface area contributed by atoms with Crippen molar-refractivity contribution in [2.45, 2.75) is 32.2 Å². The molecule has 1 saturated heterocycles. The topological polar surface area (TPSA) is 113 Å². The van der Waals surface area contributed by atoms with E-state index in [-0.39, 0.29) is 0 Å². The number of rotatable bonds is 10. The third-order valence-corrected chi connectivity index (χ3v) is 11.1. The molecule has 1 aliphatic rings. The van der Waals surface area contributed by atoms with E-state index in [0.717, 1.165) is 66.1 Å². The molecule has 2 N–H and O–H groups in total. The molecule has 0 aliphatic carbocycles. The van der Waals surface area contributed by atoms with Gasteiger partial charge in [-0.3, -0.25) is 0 Å². The Morgan fingerprint density at radius 2 is 1.83 bits per heavy atom. The Bertz CT molecular complexity index is 2000. The summed E-state index contributed by atoms with van der Waals surface area (Å²) >= 11 is 3.61. The first-order valence-corrected chi connectivity index (χ1v) is 19.5. The third-order valence-electron chi connectivity index (χ3n) is 9.01. The van der Waals surface area contributed by atoms with Gasteiger partial charge in [-0.2, -0.15) is 10.1 Å². The van der Waals surface area contributed by atoms with Crippen molar-refractivity contribution in [2.24, 2.45) is 7.05 Å². The minimum Gasteiger partial charge on any atom is -0.494 e. The first kappa shape index (κ1) is 33.9. The quantitative estimate of drug-likeness (QED) is 0.145. The predicted molar refractivity (Wildman–Crippen MR) is 201 cm³/mol. The van der Waals surface area contributed by atoms with Crippen LogP contribution >= 0.6 is 23.1 Å². The van der Waals surface area contributed by atoms with Crippen LogP contribution in [-0.4, -0.2) is 83.3 Å². The second-order valence-corrected chi connectivity index (χ2v) is 16.8. The van der Waals surface area contributed by atoms with Crippen molar-refractivity contribution in [3.05, 3.63) is 64.9 Å². The van der Waals surface area contributed by atoms with Gasteiger partial charge in [0.05, 0.1) is 23.0 Å². The van der Waals surface area contributed by atoms with Crippen LogP contribution in [0.15, 0.2) is 59.3 Å². The van der Waals surface area contributed by atoms with Crippen LogP contribution in [0.25, 0.3) is 22.3 Å². The lowest BCUT2D eigenvalue weighted by Crippen LogP contribution is -2.42. The van der Waals surface area contributed by atoms with Gasteiger partial charge in [-0.15, -0.1) is 0 Å². The normalized spacial score (nSPS) is 14.1.